The normalized spacial score (nSPS) is 11.1. The Hall–Kier alpha value is -1.87. The van der Waals surface area contributed by atoms with Crippen LogP contribution in [0.25, 0.3) is 17.0 Å². The van der Waals surface area contributed by atoms with Crippen molar-refractivity contribution in [3.05, 3.63) is 47.1 Å². The van der Waals surface area contributed by atoms with Crippen LogP contribution < -0.4 is 0 Å². The van der Waals surface area contributed by atoms with E-state index in [2.05, 4.69) is 4.98 Å². The third-order valence-corrected chi connectivity index (χ3v) is 2.49. The molecule has 2 rings (SSSR count). The van der Waals surface area contributed by atoms with Crippen molar-refractivity contribution in [2.45, 2.75) is 6.42 Å². The summed E-state index contributed by atoms with van der Waals surface area (Å²) >= 11 is 5.79. The molecular formula is C13H10ClNO2. The molecule has 0 amide bonds. The molecule has 0 unspecified atom stereocenters. The van der Waals surface area contributed by atoms with E-state index in [9.17, 15) is 4.79 Å². The summed E-state index contributed by atoms with van der Waals surface area (Å²) < 4.78 is 0. The number of aromatic nitrogens is 1. The smallest absolute Gasteiger partial charge is 0.307 e. The zero-order valence-corrected chi connectivity index (χ0v) is 9.69. The second-order valence-electron chi connectivity index (χ2n) is 3.59. The average molecular weight is 248 g/mol. The number of benzene rings is 1. The van der Waals surface area contributed by atoms with E-state index in [4.69, 9.17) is 16.7 Å². The van der Waals surface area contributed by atoms with E-state index in [1.54, 1.807) is 18.2 Å². The molecule has 3 nitrogen and oxygen atoms in total. The van der Waals surface area contributed by atoms with Crippen LogP contribution in [0, 0.1) is 0 Å². The fraction of sp³-hybridized carbons (Fsp3) is 0.0769. The van der Waals surface area contributed by atoms with Crippen molar-refractivity contribution in [1.82, 2.24) is 4.98 Å². The van der Waals surface area contributed by atoms with Gasteiger partial charge in [0.25, 0.3) is 0 Å². The van der Waals surface area contributed by atoms with Crippen LogP contribution in [0.5, 0.6) is 0 Å². The van der Waals surface area contributed by atoms with E-state index < -0.39 is 5.97 Å². The minimum absolute atomic E-state index is 0.0247. The number of hydrogen-bond donors (Lipinski definition) is 1. The van der Waals surface area contributed by atoms with Crippen molar-refractivity contribution in [2.24, 2.45) is 0 Å². The van der Waals surface area contributed by atoms with Gasteiger partial charge in [-0.3, -0.25) is 4.79 Å². The van der Waals surface area contributed by atoms with Crippen molar-refractivity contribution >= 4 is 34.5 Å². The maximum Gasteiger partial charge on any atom is 0.307 e. The maximum atomic E-state index is 10.4. The van der Waals surface area contributed by atoms with Gasteiger partial charge in [-0.1, -0.05) is 29.8 Å². The number of nitrogens with zero attached hydrogens (tertiary/aromatic N) is 1. The maximum absolute atomic E-state index is 10.4. The second-order valence-corrected chi connectivity index (χ2v) is 3.97. The van der Waals surface area contributed by atoms with Gasteiger partial charge in [-0.2, -0.15) is 0 Å². The largest absolute Gasteiger partial charge is 0.481 e. The monoisotopic (exact) mass is 247 g/mol. The molecular weight excluding hydrogens is 238 g/mol. The van der Waals surface area contributed by atoms with Gasteiger partial charge < -0.3 is 5.11 Å². The van der Waals surface area contributed by atoms with Gasteiger partial charge in [0.15, 0.2) is 0 Å². The summed E-state index contributed by atoms with van der Waals surface area (Å²) in [4.78, 5) is 14.5. The third-order valence-electron chi connectivity index (χ3n) is 2.28. The van der Waals surface area contributed by atoms with Crippen LogP contribution in [0.15, 0.2) is 36.4 Å². The molecule has 0 saturated carbocycles. The van der Waals surface area contributed by atoms with Crippen molar-refractivity contribution in [3.63, 3.8) is 0 Å². The lowest BCUT2D eigenvalue weighted by atomic mass is 10.1. The van der Waals surface area contributed by atoms with Crippen LogP contribution in [0.3, 0.4) is 0 Å². The fourth-order valence-electron chi connectivity index (χ4n) is 1.52. The van der Waals surface area contributed by atoms with Crippen LogP contribution in [-0.2, 0) is 4.79 Å². The van der Waals surface area contributed by atoms with Gasteiger partial charge >= 0.3 is 5.97 Å². The predicted octanol–water partition coefficient (Wildman–Crippen LogP) is 3.38. The number of pyridine rings is 1. The minimum atomic E-state index is -0.838. The summed E-state index contributed by atoms with van der Waals surface area (Å²) in [5.74, 6) is -0.838. The van der Waals surface area contributed by atoms with Crippen molar-refractivity contribution < 1.29 is 9.90 Å². The zero-order chi connectivity index (χ0) is 12.3. The van der Waals surface area contributed by atoms with Gasteiger partial charge in [0, 0.05) is 5.39 Å². The summed E-state index contributed by atoms with van der Waals surface area (Å²) in [6.07, 6.45) is 3.42. The molecule has 0 fully saturated rings. The number of carboxylic acid groups (broad SMARTS) is 1. The summed E-state index contributed by atoms with van der Waals surface area (Å²) in [7, 11) is 0. The van der Waals surface area contributed by atoms with Gasteiger partial charge in [-0.15, -0.1) is 0 Å². The second kappa shape index (κ2) is 4.97. The minimum Gasteiger partial charge on any atom is -0.481 e. The SMILES string of the molecule is O=C(O)CC=Cc1ccc2nc(Cl)ccc2c1. The fourth-order valence-corrected chi connectivity index (χ4v) is 1.67. The van der Waals surface area contributed by atoms with Crippen molar-refractivity contribution in [3.8, 4) is 0 Å². The molecule has 1 N–H and O–H groups in total. The van der Waals surface area contributed by atoms with Crippen molar-refractivity contribution in [2.75, 3.05) is 0 Å². The molecule has 0 atom stereocenters. The molecule has 4 heteroatoms. The summed E-state index contributed by atoms with van der Waals surface area (Å²) in [5, 5.41) is 9.96. The molecule has 2 aromatic rings. The first-order valence-corrected chi connectivity index (χ1v) is 5.47. The molecule has 0 aliphatic rings. The molecule has 0 aliphatic heterocycles. The van der Waals surface area contributed by atoms with Crippen LogP contribution >= 0.6 is 11.6 Å². The highest BCUT2D eigenvalue weighted by molar-refractivity contribution is 6.29. The van der Waals surface area contributed by atoms with E-state index in [0.717, 1.165) is 16.5 Å². The Morgan fingerprint density at radius 2 is 2.18 bits per heavy atom. The molecule has 1 aromatic heterocycles. The Balaban J connectivity index is 2.29. The van der Waals surface area contributed by atoms with Crippen LogP contribution in [0.1, 0.15) is 12.0 Å². The van der Waals surface area contributed by atoms with Gasteiger partial charge in [0.2, 0.25) is 0 Å². The van der Waals surface area contributed by atoms with Gasteiger partial charge in [-0.05, 0) is 29.8 Å². The number of aliphatic carboxylic acids is 1. The van der Waals surface area contributed by atoms with Gasteiger partial charge in [0.05, 0.1) is 11.9 Å². The van der Waals surface area contributed by atoms with E-state index in [-0.39, 0.29) is 6.42 Å². The summed E-state index contributed by atoms with van der Waals surface area (Å²) in [6, 6.07) is 9.30. The lowest BCUT2D eigenvalue weighted by Gasteiger charge is -1.99. The summed E-state index contributed by atoms with van der Waals surface area (Å²) in [5.41, 5.74) is 1.77. The van der Waals surface area contributed by atoms with Gasteiger partial charge in [0.1, 0.15) is 5.15 Å². The lowest BCUT2D eigenvalue weighted by Crippen LogP contribution is -1.89. The number of carbonyl (C=O) groups is 1. The Bertz CT molecular complexity index is 593. The highest BCUT2D eigenvalue weighted by atomic mass is 35.5. The van der Waals surface area contributed by atoms with Gasteiger partial charge in [-0.25, -0.2) is 4.98 Å². The molecule has 0 spiro atoms. The number of carboxylic acids is 1. The highest BCUT2D eigenvalue weighted by Gasteiger charge is 1.97. The summed E-state index contributed by atoms with van der Waals surface area (Å²) in [6.45, 7) is 0. The third kappa shape index (κ3) is 3.04. The number of fused-ring (bicyclic) bond motifs is 1. The number of hydrogen-bond acceptors (Lipinski definition) is 2. The molecule has 0 bridgehead atoms. The Kier molecular flexibility index (Phi) is 3.40. The quantitative estimate of drug-likeness (QED) is 0.846. The molecule has 1 aromatic carbocycles. The first-order chi connectivity index (χ1) is 8.15. The highest BCUT2D eigenvalue weighted by Crippen LogP contribution is 2.17. The molecule has 17 heavy (non-hydrogen) atoms. The lowest BCUT2D eigenvalue weighted by molar-refractivity contribution is -0.135. The van der Waals surface area contributed by atoms with E-state index in [1.165, 1.54) is 0 Å². The van der Waals surface area contributed by atoms with E-state index >= 15 is 0 Å². The average Bonchev–Trinajstić information content (AvgIpc) is 2.29. The standard InChI is InChI=1S/C13H10ClNO2/c14-12-7-5-10-8-9(2-1-3-13(16)17)4-6-11(10)15-12/h1-2,4-8H,3H2,(H,16,17). The molecule has 0 aliphatic carbocycles. The molecule has 1 heterocycles. The van der Waals surface area contributed by atoms with Crippen LogP contribution in [-0.4, -0.2) is 16.1 Å². The van der Waals surface area contributed by atoms with Crippen LogP contribution in [0.4, 0.5) is 0 Å². The topological polar surface area (TPSA) is 50.2 Å². The first kappa shape index (κ1) is 11.6. The molecule has 0 radical (unpaired) electrons. The first-order valence-electron chi connectivity index (χ1n) is 5.10. The Labute approximate surface area is 103 Å². The number of rotatable bonds is 3. The van der Waals surface area contributed by atoms with E-state index in [1.807, 2.05) is 24.3 Å². The predicted molar refractivity (Wildman–Crippen MR) is 68.0 cm³/mol. The zero-order valence-electron chi connectivity index (χ0n) is 8.93. The molecule has 86 valence electrons. The van der Waals surface area contributed by atoms with E-state index in [0.29, 0.717) is 5.15 Å². The molecule has 0 saturated heterocycles. The Morgan fingerprint density at radius 1 is 1.35 bits per heavy atom. The number of halogens is 1. The van der Waals surface area contributed by atoms with Crippen LogP contribution in [0.2, 0.25) is 5.15 Å². The Morgan fingerprint density at radius 3 is 2.94 bits per heavy atom. The van der Waals surface area contributed by atoms with Crippen molar-refractivity contribution in [1.29, 1.82) is 0 Å².